The Morgan fingerprint density at radius 1 is 1.38 bits per heavy atom. The molecule has 0 saturated carbocycles. The molecule has 0 saturated heterocycles. The van der Waals surface area contributed by atoms with Gasteiger partial charge in [0.15, 0.2) is 0 Å². The Balaban J connectivity index is 1.76. The Bertz CT molecular complexity index is 580. The Morgan fingerprint density at radius 3 is 3.14 bits per heavy atom. The van der Waals surface area contributed by atoms with Gasteiger partial charge < -0.3 is 10.1 Å². The summed E-state index contributed by atoms with van der Waals surface area (Å²) in [4.78, 5) is 1.30. The van der Waals surface area contributed by atoms with Crippen LogP contribution in [0.25, 0.3) is 0 Å². The van der Waals surface area contributed by atoms with Gasteiger partial charge in [0.05, 0.1) is 0 Å². The predicted octanol–water partition coefficient (Wildman–Crippen LogP) is 4.37. The van der Waals surface area contributed by atoms with Gasteiger partial charge in [-0.25, -0.2) is 0 Å². The fraction of sp³-hybridized carbons (Fsp3) is 0.333. The average molecular weight is 299 g/mol. The summed E-state index contributed by atoms with van der Waals surface area (Å²) in [5, 5.41) is 5.34. The van der Waals surface area contributed by atoms with E-state index < -0.39 is 0 Å². The van der Waals surface area contributed by atoms with Gasteiger partial charge in [-0.15, -0.1) is 11.3 Å². The van der Waals surface area contributed by atoms with E-state index in [1.807, 2.05) is 7.05 Å². The van der Waals surface area contributed by atoms with E-state index in [9.17, 15) is 0 Å². The van der Waals surface area contributed by atoms with Gasteiger partial charge in [-0.2, -0.15) is 0 Å². The minimum absolute atomic E-state index is 0.141. The van der Waals surface area contributed by atoms with Gasteiger partial charge in [-0.05, 0) is 43.1 Å². The van der Waals surface area contributed by atoms with E-state index in [0.717, 1.165) is 25.1 Å². The number of nitrogens with one attached hydrogen (secondary N) is 1. The third-order valence-electron chi connectivity index (χ3n) is 3.89. The second-order valence-corrected chi connectivity index (χ2v) is 6.30. The molecule has 3 rings (SSSR count). The molecule has 1 heterocycles. The summed E-state index contributed by atoms with van der Waals surface area (Å²) in [6.07, 6.45) is 15.1. The van der Waals surface area contributed by atoms with Crippen molar-refractivity contribution in [2.45, 2.75) is 18.9 Å². The monoisotopic (exact) mass is 299 g/mol. The first-order chi connectivity index (χ1) is 10.4. The highest BCUT2D eigenvalue weighted by atomic mass is 32.1. The highest BCUT2D eigenvalue weighted by Crippen LogP contribution is 2.37. The van der Waals surface area contributed by atoms with Crippen LogP contribution in [0.5, 0.6) is 0 Å². The van der Waals surface area contributed by atoms with E-state index in [1.54, 1.807) is 11.3 Å². The van der Waals surface area contributed by atoms with Gasteiger partial charge in [-0.1, -0.05) is 36.4 Å². The molecule has 2 aliphatic rings. The highest BCUT2D eigenvalue weighted by molar-refractivity contribution is 7.10. The molecule has 2 nitrogen and oxygen atoms in total. The molecular formula is C18H21NOS. The summed E-state index contributed by atoms with van der Waals surface area (Å²) in [7, 11) is 1.99. The van der Waals surface area contributed by atoms with Gasteiger partial charge in [0.1, 0.15) is 11.9 Å². The molecule has 2 atom stereocenters. The molecule has 0 amide bonds. The van der Waals surface area contributed by atoms with E-state index in [4.69, 9.17) is 4.74 Å². The zero-order valence-electron chi connectivity index (χ0n) is 12.3. The summed E-state index contributed by atoms with van der Waals surface area (Å²) in [6, 6.07) is 4.27. The molecule has 110 valence electrons. The SMILES string of the molecule is CNCC[C@H](OC1=CC=CC2=CC=CCC21)c1cccs1. The number of rotatable bonds is 6. The van der Waals surface area contributed by atoms with Crippen molar-refractivity contribution in [2.75, 3.05) is 13.6 Å². The zero-order chi connectivity index (χ0) is 14.5. The predicted molar refractivity (Wildman–Crippen MR) is 89.2 cm³/mol. The van der Waals surface area contributed by atoms with Crippen LogP contribution in [0, 0.1) is 5.92 Å². The van der Waals surface area contributed by atoms with Crippen molar-refractivity contribution in [3.8, 4) is 0 Å². The summed E-state index contributed by atoms with van der Waals surface area (Å²) in [5.41, 5.74) is 1.36. The van der Waals surface area contributed by atoms with Crippen LogP contribution in [0.3, 0.4) is 0 Å². The van der Waals surface area contributed by atoms with Crippen molar-refractivity contribution in [3.63, 3.8) is 0 Å². The molecule has 21 heavy (non-hydrogen) atoms. The maximum Gasteiger partial charge on any atom is 0.134 e. The van der Waals surface area contributed by atoms with Crippen LogP contribution in [0.2, 0.25) is 0 Å². The molecule has 1 unspecified atom stereocenters. The largest absolute Gasteiger partial charge is 0.489 e. The summed E-state index contributed by atoms with van der Waals surface area (Å²) in [5.74, 6) is 1.49. The Morgan fingerprint density at radius 2 is 2.33 bits per heavy atom. The van der Waals surface area contributed by atoms with Crippen LogP contribution in [-0.4, -0.2) is 13.6 Å². The maximum atomic E-state index is 6.41. The van der Waals surface area contributed by atoms with Crippen LogP contribution < -0.4 is 5.32 Å². The standard InChI is InChI=1S/C18H21NOS/c1-19-12-11-17(18-10-5-13-21-18)20-16-9-4-7-14-6-2-3-8-15(14)16/h2-7,9-10,13,15,17,19H,8,11-12H2,1H3/t15?,17-/m0/s1. The minimum Gasteiger partial charge on any atom is -0.489 e. The number of ether oxygens (including phenoxy) is 1. The number of hydrogen-bond acceptors (Lipinski definition) is 3. The molecule has 0 aliphatic heterocycles. The lowest BCUT2D eigenvalue weighted by molar-refractivity contribution is 0.0937. The Labute approximate surface area is 130 Å². The van der Waals surface area contributed by atoms with Gasteiger partial charge in [-0.3, -0.25) is 0 Å². The first kappa shape index (κ1) is 14.4. The summed E-state index contributed by atoms with van der Waals surface area (Å²) >= 11 is 1.77. The average Bonchev–Trinajstić information content (AvgIpc) is 3.06. The summed E-state index contributed by atoms with van der Waals surface area (Å²) in [6.45, 7) is 0.957. The Hall–Kier alpha value is -1.58. The molecule has 1 aromatic heterocycles. The van der Waals surface area contributed by atoms with Crippen LogP contribution >= 0.6 is 11.3 Å². The number of thiophene rings is 1. The van der Waals surface area contributed by atoms with Crippen LogP contribution in [0.4, 0.5) is 0 Å². The van der Waals surface area contributed by atoms with E-state index in [0.29, 0.717) is 5.92 Å². The minimum atomic E-state index is 0.141. The molecule has 0 radical (unpaired) electrons. The van der Waals surface area contributed by atoms with Crippen molar-refractivity contribution < 1.29 is 4.74 Å². The molecule has 1 aromatic rings. The molecular weight excluding hydrogens is 278 g/mol. The molecule has 3 heteroatoms. The first-order valence-corrected chi connectivity index (χ1v) is 8.36. The number of hydrogen-bond donors (Lipinski definition) is 1. The lowest BCUT2D eigenvalue weighted by atomic mass is 9.86. The van der Waals surface area contributed by atoms with Crippen molar-refractivity contribution in [1.29, 1.82) is 0 Å². The molecule has 0 aromatic carbocycles. The molecule has 0 bridgehead atoms. The molecule has 0 spiro atoms. The molecule has 0 fully saturated rings. The van der Waals surface area contributed by atoms with Crippen LogP contribution in [0.15, 0.2) is 65.3 Å². The Kier molecular flexibility index (Phi) is 4.73. The van der Waals surface area contributed by atoms with Crippen molar-refractivity contribution in [1.82, 2.24) is 5.32 Å². The normalized spacial score (nSPS) is 21.5. The number of allylic oxidation sites excluding steroid dienone is 7. The quantitative estimate of drug-likeness (QED) is 0.842. The summed E-state index contributed by atoms with van der Waals surface area (Å²) < 4.78 is 6.41. The lowest BCUT2D eigenvalue weighted by Gasteiger charge is -2.28. The van der Waals surface area contributed by atoms with Gasteiger partial charge in [0, 0.05) is 17.2 Å². The van der Waals surface area contributed by atoms with E-state index in [2.05, 4.69) is 59.3 Å². The van der Waals surface area contributed by atoms with E-state index >= 15 is 0 Å². The van der Waals surface area contributed by atoms with Crippen molar-refractivity contribution in [3.05, 3.63) is 70.2 Å². The molecule has 1 N–H and O–H groups in total. The second kappa shape index (κ2) is 6.92. The number of fused-ring (bicyclic) bond motifs is 1. The second-order valence-electron chi connectivity index (χ2n) is 5.33. The topological polar surface area (TPSA) is 21.3 Å². The van der Waals surface area contributed by atoms with Gasteiger partial charge in [0.25, 0.3) is 0 Å². The van der Waals surface area contributed by atoms with Crippen molar-refractivity contribution >= 4 is 11.3 Å². The fourth-order valence-corrected chi connectivity index (χ4v) is 3.55. The third-order valence-corrected chi connectivity index (χ3v) is 4.85. The van der Waals surface area contributed by atoms with Gasteiger partial charge in [0.2, 0.25) is 0 Å². The highest BCUT2D eigenvalue weighted by Gasteiger charge is 2.25. The fourth-order valence-electron chi connectivity index (χ4n) is 2.76. The van der Waals surface area contributed by atoms with E-state index in [1.165, 1.54) is 10.5 Å². The van der Waals surface area contributed by atoms with Crippen molar-refractivity contribution in [2.24, 2.45) is 5.92 Å². The van der Waals surface area contributed by atoms with E-state index in [-0.39, 0.29) is 6.10 Å². The first-order valence-electron chi connectivity index (χ1n) is 7.48. The molecule has 2 aliphatic carbocycles. The maximum absolute atomic E-state index is 6.41. The smallest absolute Gasteiger partial charge is 0.134 e. The third kappa shape index (κ3) is 3.36. The zero-order valence-corrected chi connectivity index (χ0v) is 13.1. The lowest BCUT2D eigenvalue weighted by Crippen LogP contribution is -2.18. The van der Waals surface area contributed by atoms with Crippen LogP contribution in [0.1, 0.15) is 23.8 Å². The van der Waals surface area contributed by atoms with Gasteiger partial charge >= 0.3 is 0 Å². The van der Waals surface area contributed by atoms with Crippen LogP contribution in [-0.2, 0) is 4.74 Å².